The van der Waals surface area contributed by atoms with Gasteiger partial charge in [-0.25, -0.2) is 0 Å². The van der Waals surface area contributed by atoms with Crippen LogP contribution >= 0.6 is 11.6 Å². The van der Waals surface area contributed by atoms with Gasteiger partial charge in [-0.15, -0.1) is 0 Å². The minimum absolute atomic E-state index is 0.00415. The molecule has 2 aromatic rings. The number of amides is 2. The standard InChI is InChI=1S/C17H15ClN2O3/c18-12-5-7-13(8-6-12)19-16(21)9-10-20-14-3-1-2-4-15(14)23-11-17(20)22/h1-8H,9-11H2,(H,19,21). The zero-order valence-electron chi connectivity index (χ0n) is 12.3. The Morgan fingerprint density at radius 2 is 1.91 bits per heavy atom. The molecule has 0 bridgehead atoms. The average Bonchev–Trinajstić information content (AvgIpc) is 2.56. The Kier molecular flexibility index (Phi) is 4.48. The summed E-state index contributed by atoms with van der Waals surface area (Å²) in [6.45, 7) is 0.300. The van der Waals surface area contributed by atoms with E-state index in [1.807, 2.05) is 24.3 Å². The molecule has 1 aliphatic rings. The number of carbonyl (C=O) groups excluding carboxylic acids is 2. The van der Waals surface area contributed by atoms with E-state index < -0.39 is 0 Å². The van der Waals surface area contributed by atoms with E-state index in [1.54, 1.807) is 29.2 Å². The van der Waals surface area contributed by atoms with E-state index in [0.29, 0.717) is 28.7 Å². The van der Waals surface area contributed by atoms with Gasteiger partial charge >= 0.3 is 0 Å². The van der Waals surface area contributed by atoms with Crippen molar-refractivity contribution in [3.63, 3.8) is 0 Å². The number of nitrogens with zero attached hydrogens (tertiary/aromatic N) is 1. The maximum atomic E-state index is 12.0. The third-order valence-electron chi connectivity index (χ3n) is 3.50. The third-order valence-corrected chi connectivity index (χ3v) is 3.75. The molecular weight excluding hydrogens is 316 g/mol. The van der Waals surface area contributed by atoms with Crippen LogP contribution < -0.4 is 15.0 Å². The Hall–Kier alpha value is -2.53. The highest BCUT2D eigenvalue weighted by molar-refractivity contribution is 6.30. The summed E-state index contributed by atoms with van der Waals surface area (Å²) < 4.78 is 5.38. The van der Waals surface area contributed by atoms with Gasteiger partial charge in [-0.1, -0.05) is 23.7 Å². The van der Waals surface area contributed by atoms with E-state index in [-0.39, 0.29) is 24.8 Å². The number of hydrogen-bond acceptors (Lipinski definition) is 3. The first-order valence-corrected chi connectivity index (χ1v) is 7.59. The second-order valence-corrected chi connectivity index (χ2v) is 5.54. The van der Waals surface area contributed by atoms with Gasteiger partial charge in [-0.3, -0.25) is 9.59 Å². The molecule has 0 unspecified atom stereocenters. The Morgan fingerprint density at radius 1 is 1.17 bits per heavy atom. The topological polar surface area (TPSA) is 58.6 Å². The van der Waals surface area contributed by atoms with Crippen LogP contribution in [0, 0.1) is 0 Å². The Morgan fingerprint density at radius 3 is 2.70 bits per heavy atom. The molecule has 0 aromatic heterocycles. The third kappa shape index (κ3) is 3.63. The Balaban J connectivity index is 1.62. The zero-order chi connectivity index (χ0) is 16.2. The number of benzene rings is 2. The van der Waals surface area contributed by atoms with Crippen LogP contribution in [0.1, 0.15) is 6.42 Å². The Bertz CT molecular complexity index is 731. The normalized spacial score (nSPS) is 13.3. The van der Waals surface area contributed by atoms with Crippen molar-refractivity contribution in [1.29, 1.82) is 0 Å². The first-order valence-electron chi connectivity index (χ1n) is 7.21. The molecule has 5 nitrogen and oxygen atoms in total. The molecule has 0 saturated heterocycles. The lowest BCUT2D eigenvalue weighted by Crippen LogP contribution is -2.40. The van der Waals surface area contributed by atoms with Crippen molar-refractivity contribution in [2.75, 3.05) is 23.4 Å². The molecule has 0 radical (unpaired) electrons. The molecule has 2 aromatic carbocycles. The number of carbonyl (C=O) groups is 2. The van der Waals surface area contributed by atoms with Crippen molar-refractivity contribution < 1.29 is 14.3 Å². The molecule has 1 N–H and O–H groups in total. The molecule has 2 amide bonds. The number of para-hydroxylation sites is 2. The average molecular weight is 331 g/mol. The lowest BCUT2D eigenvalue weighted by molar-refractivity contribution is -0.121. The number of halogens is 1. The van der Waals surface area contributed by atoms with Gasteiger partial charge in [0.15, 0.2) is 6.61 Å². The Labute approximate surface area is 138 Å². The van der Waals surface area contributed by atoms with Crippen molar-refractivity contribution in [2.24, 2.45) is 0 Å². The fraction of sp³-hybridized carbons (Fsp3) is 0.176. The van der Waals surface area contributed by atoms with Crippen LogP contribution in [0.5, 0.6) is 5.75 Å². The maximum Gasteiger partial charge on any atom is 0.265 e. The quantitative estimate of drug-likeness (QED) is 0.937. The second-order valence-electron chi connectivity index (χ2n) is 5.11. The van der Waals surface area contributed by atoms with Crippen molar-refractivity contribution >= 4 is 34.8 Å². The van der Waals surface area contributed by atoms with E-state index >= 15 is 0 Å². The first-order chi connectivity index (χ1) is 11.1. The summed E-state index contributed by atoms with van der Waals surface area (Å²) in [5.41, 5.74) is 1.37. The smallest absolute Gasteiger partial charge is 0.265 e. The van der Waals surface area contributed by atoms with Gasteiger partial charge < -0.3 is 15.0 Å². The SMILES string of the molecule is O=C(CCN1C(=O)COc2ccccc21)Nc1ccc(Cl)cc1. The molecule has 118 valence electrons. The fourth-order valence-electron chi connectivity index (χ4n) is 2.37. The van der Waals surface area contributed by atoms with E-state index in [4.69, 9.17) is 16.3 Å². The summed E-state index contributed by atoms with van der Waals surface area (Å²) in [5, 5.41) is 3.39. The zero-order valence-corrected chi connectivity index (χ0v) is 13.0. The highest BCUT2D eigenvalue weighted by Gasteiger charge is 2.25. The van der Waals surface area contributed by atoms with Gasteiger partial charge in [-0.05, 0) is 36.4 Å². The monoisotopic (exact) mass is 330 g/mol. The molecule has 23 heavy (non-hydrogen) atoms. The lowest BCUT2D eigenvalue weighted by atomic mass is 10.2. The molecule has 0 fully saturated rings. The maximum absolute atomic E-state index is 12.0. The van der Waals surface area contributed by atoms with Crippen LogP contribution in [-0.4, -0.2) is 25.0 Å². The van der Waals surface area contributed by atoms with Gasteiger partial charge in [0.2, 0.25) is 5.91 Å². The van der Waals surface area contributed by atoms with E-state index in [1.165, 1.54) is 0 Å². The van der Waals surface area contributed by atoms with Crippen molar-refractivity contribution in [3.05, 3.63) is 53.6 Å². The molecule has 3 rings (SSSR count). The minimum Gasteiger partial charge on any atom is -0.482 e. The van der Waals surface area contributed by atoms with Gasteiger partial charge in [0.25, 0.3) is 5.91 Å². The highest BCUT2D eigenvalue weighted by Crippen LogP contribution is 2.31. The van der Waals surface area contributed by atoms with E-state index in [0.717, 1.165) is 0 Å². The molecular formula is C17H15ClN2O3. The second kappa shape index (κ2) is 6.71. The van der Waals surface area contributed by atoms with Crippen molar-refractivity contribution in [3.8, 4) is 5.75 Å². The van der Waals surface area contributed by atoms with Crippen molar-refractivity contribution in [2.45, 2.75) is 6.42 Å². The summed E-state index contributed by atoms with van der Waals surface area (Å²) >= 11 is 5.81. The number of fused-ring (bicyclic) bond motifs is 1. The van der Waals surface area contributed by atoms with Gasteiger partial charge in [0.05, 0.1) is 5.69 Å². The van der Waals surface area contributed by atoms with Gasteiger partial charge in [-0.2, -0.15) is 0 Å². The summed E-state index contributed by atoms with van der Waals surface area (Å²) in [7, 11) is 0. The highest BCUT2D eigenvalue weighted by atomic mass is 35.5. The predicted octanol–water partition coefficient (Wildman–Crippen LogP) is 3.09. The number of hydrogen-bond donors (Lipinski definition) is 1. The predicted molar refractivity (Wildman–Crippen MR) is 89.0 cm³/mol. The van der Waals surface area contributed by atoms with Crippen LogP contribution in [0.25, 0.3) is 0 Å². The van der Waals surface area contributed by atoms with Crippen molar-refractivity contribution in [1.82, 2.24) is 0 Å². The molecule has 1 aliphatic heterocycles. The molecule has 6 heteroatoms. The minimum atomic E-state index is -0.163. The number of rotatable bonds is 4. The lowest BCUT2D eigenvalue weighted by Gasteiger charge is -2.29. The number of nitrogens with one attached hydrogen (secondary N) is 1. The van der Waals surface area contributed by atoms with Crippen LogP contribution in [0.15, 0.2) is 48.5 Å². The molecule has 0 aliphatic carbocycles. The van der Waals surface area contributed by atoms with Crippen LogP contribution in [0.2, 0.25) is 5.02 Å². The fourth-order valence-corrected chi connectivity index (χ4v) is 2.50. The van der Waals surface area contributed by atoms with E-state index in [2.05, 4.69) is 5.32 Å². The summed E-state index contributed by atoms with van der Waals surface area (Å²) in [6, 6.07) is 14.2. The van der Waals surface area contributed by atoms with Gasteiger partial charge in [0, 0.05) is 23.7 Å². The first kappa shape index (κ1) is 15.4. The molecule has 1 heterocycles. The van der Waals surface area contributed by atoms with Crippen LogP contribution in [0.4, 0.5) is 11.4 Å². The largest absolute Gasteiger partial charge is 0.482 e. The van der Waals surface area contributed by atoms with Crippen LogP contribution in [0.3, 0.4) is 0 Å². The number of anilines is 2. The molecule has 0 saturated carbocycles. The number of ether oxygens (including phenoxy) is 1. The molecule has 0 spiro atoms. The molecule has 0 atom stereocenters. The summed E-state index contributed by atoms with van der Waals surface area (Å²) in [4.78, 5) is 25.6. The summed E-state index contributed by atoms with van der Waals surface area (Å²) in [5.74, 6) is 0.345. The van der Waals surface area contributed by atoms with Gasteiger partial charge in [0.1, 0.15) is 5.75 Å². The van der Waals surface area contributed by atoms with E-state index in [9.17, 15) is 9.59 Å². The van der Waals surface area contributed by atoms with Crippen LogP contribution in [-0.2, 0) is 9.59 Å². The summed E-state index contributed by atoms with van der Waals surface area (Å²) in [6.07, 6.45) is 0.197.